The molecule has 0 bridgehead atoms. The van der Waals surface area contributed by atoms with Crippen molar-refractivity contribution in [2.75, 3.05) is 6.54 Å². The first-order valence-electron chi connectivity index (χ1n) is 7.28. The highest BCUT2D eigenvalue weighted by Crippen LogP contribution is 2.09. The first kappa shape index (κ1) is 17.7. The molecule has 19 heavy (non-hydrogen) atoms. The van der Waals surface area contributed by atoms with Crippen LogP contribution in [-0.2, 0) is 4.79 Å². The van der Waals surface area contributed by atoms with Gasteiger partial charge < -0.3 is 15.8 Å². The van der Waals surface area contributed by atoms with E-state index in [9.17, 15) is 4.79 Å². The first-order chi connectivity index (χ1) is 9.02. The largest absolute Gasteiger partial charge is 0.409 e. The van der Waals surface area contributed by atoms with Crippen molar-refractivity contribution in [3.63, 3.8) is 0 Å². The van der Waals surface area contributed by atoms with Crippen molar-refractivity contribution in [3.05, 3.63) is 0 Å². The summed E-state index contributed by atoms with van der Waals surface area (Å²) in [6, 6.07) is 0.148. The number of oxime groups is 1. The van der Waals surface area contributed by atoms with Gasteiger partial charge in [-0.1, -0.05) is 37.8 Å². The molecule has 0 radical (unpaired) electrons. The molecule has 0 unspecified atom stereocenters. The van der Waals surface area contributed by atoms with E-state index in [0.29, 0.717) is 19.4 Å². The molecule has 0 spiro atoms. The number of rotatable bonds is 10. The fourth-order valence-electron chi connectivity index (χ4n) is 1.98. The highest BCUT2D eigenvalue weighted by Gasteiger charge is 2.16. The quantitative estimate of drug-likeness (QED) is 0.211. The molecule has 0 atom stereocenters. The monoisotopic (exact) mass is 271 g/mol. The molecule has 0 heterocycles. The van der Waals surface area contributed by atoms with E-state index < -0.39 is 0 Å². The fourth-order valence-corrected chi connectivity index (χ4v) is 1.98. The van der Waals surface area contributed by atoms with Gasteiger partial charge in [-0.2, -0.15) is 0 Å². The van der Waals surface area contributed by atoms with Gasteiger partial charge in [-0.15, -0.1) is 0 Å². The molecule has 0 aliphatic carbocycles. The molecule has 112 valence electrons. The molecule has 5 nitrogen and oxygen atoms in total. The van der Waals surface area contributed by atoms with E-state index in [1.165, 1.54) is 19.3 Å². The van der Waals surface area contributed by atoms with Gasteiger partial charge in [0.25, 0.3) is 0 Å². The summed E-state index contributed by atoms with van der Waals surface area (Å²) >= 11 is 0. The van der Waals surface area contributed by atoms with E-state index in [0.717, 1.165) is 12.8 Å². The van der Waals surface area contributed by atoms with Gasteiger partial charge in [0.1, 0.15) is 5.84 Å². The Morgan fingerprint density at radius 2 is 1.84 bits per heavy atom. The summed E-state index contributed by atoms with van der Waals surface area (Å²) in [6.45, 7) is 6.67. The maximum absolute atomic E-state index is 12.1. The predicted molar refractivity (Wildman–Crippen MR) is 78.3 cm³/mol. The number of carbonyl (C=O) groups is 1. The molecular formula is C14H29N3O2. The van der Waals surface area contributed by atoms with Crippen LogP contribution in [0, 0.1) is 0 Å². The van der Waals surface area contributed by atoms with E-state index in [2.05, 4.69) is 12.1 Å². The van der Waals surface area contributed by atoms with Gasteiger partial charge >= 0.3 is 0 Å². The van der Waals surface area contributed by atoms with Crippen LogP contribution in [0.15, 0.2) is 5.16 Å². The number of hydrogen-bond acceptors (Lipinski definition) is 3. The van der Waals surface area contributed by atoms with Crippen molar-refractivity contribution in [1.29, 1.82) is 0 Å². The zero-order chi connectivity index (χ0) is 14.7. The Bertz CT molecular complexity index is 278. The van der Waals surface area contributed by atoms with Crippen LogP contribution in [0.5, 0.6) is 0 Å². The van der Waals surface area contributed by atoms with Gasteiger partial charge in [-0.25, -0.2) is 0 Å². The number of nitrogens with zero attached hydrogens (tertiary/aromatic N) is 2. The van der Waals surface area contributed by atoms with Crippen LogP contribution in [0.25, 0.3) is 0 Å². The first-order valence-corrected chi connectivity index (χ1v) is 7.28. The summed E-state index contributed by atoms with van der Waals surface area (Å²) in [7, 11) is 0. The van der Waals surface area contributed by atoms with Crippen LogP contribution < -0.4 is 5.73 Å². The molecule has 0 aromatic carbocycles. The number of nitrogens with two attached hydrogens (primary N) is 1. The number of amides is 1. The second-order valence-electron chi connectivity index (χ2n) is 5.19. The highest BCUT2D eigenvalue weighted by molar-refractivity contribution is 5.81. The Kier molecular flexibility index (Phi) is 9.94. The summed E-state index contributed by atoms with van der Waals surface area (Å²) in [4.78, 5) is 13.9. The van der Waals surface area contributed by atoms with Crippen molar-refractivity contribution in [3.8, 4) is 0 Å². The van der Waals surface area contributed by atoms with E-state index in [4.69, 9.17) is 10.9 Å². The fraction of sp³-hybridized carbons (Fsp3) is 0.857. The molecule has 0 fully saturated rings. The molecule has 0 aromatic rings. The third kappa shape index (κ3) is 8.46. The van der Waals surface area contributed by atoms with Crippen LogP contribution in [0.3, 0.4) is 0 Å². The summed E-state index contributed by atoms with van der Waals surface area (Å²) in [5, 5.41) is 11.4. The lowest BCUT2D eigenvalue weighted by Crippen LogP contribution is -2.39. The van der Waals surface area contributed by atoms with Crippen molar-refractivity contribution < 1.29 is 10.0 Å². The van der Waals surface area contributed by atoms with Gasteiger partial charge in [-0.05, 0) is 20.3 Å². The summed E-state index contributed by atoms with van der Waals surface area (Å²) < 4.78 is 0. The molecule has 0 aliphatic rings. The summed E-state index contributed by atoms with van der Waals surface area (Å²) in [5.74, 6) is 0.332. The number of unbranched alkanes of at least 4 members (excludes halogenated alkanes) is 4. The smallest absolute Gasteiger partial charge is 0.222 e. The molecule has 0 saturated heterocycles. The van der Waals surface area contributed by atoms with Crippen LogP contribution in [0.2, 0.25) is 0 Å². The van der Waals surface area contributed by atoms with Gasteiger partial charge in [0.2, 0.25) is 5.91 Å². The number of amidine groups is 1. The molecule has 1 amide bonds. The Hall–Kier alpha value is -1.26. The van der Waals surface area contributed by atoms with E-state index in [-0.39, 0.29) is 17.8 Å². The summed E-state index contributed by atoms with van der Waals surface area (Å²) in [6.07, 6.45) is 6.73. The second kappa shape index (κ2) is 10.6. The predicted octanol–water partition coefficient (Wildman–Crippen LogP) is 2.72. The minimum absolute atomic E-state index is 0.148. The van der Waals surface area contributed by atoms with Crippen LogP contribution >= 0.6 is 0 Å². The van der Waals surface area contributed by atoms with Gasteiger partial charge in [0, 0.05) is 25.4 Å². The van der Waals surface area contributed by atoms with E-state index >= 15 is 0 Å². The third-order valence-electron chi connectivity index (χ3n) is 3.18. The summed E-state index contributed by atoms with van der Waals surface area (Å²) in [5.41, 5.74) is 5.44. The molecular weight excluding hydrogens is 242 g/mol. The van der Waals surface area contributed by atoms with Crippen molar-refractivity contribution >= 4 is 11.7 Å². The highest BCUT2D eigenvalue weighted by atomic mass is 16.4. The second-order valence-corrected chi connectivity index (χ2v) is 5.19. The standard InChI is InChI=1S/C14H29N3O2/c1-4-5-6-7-8-9-14(18)17(12(2)3)11-10-13(15)16-19/h12,19H,4-11H2,1-3H3,(H2,15,16). The van der Waals surface area contributed by atoms with Gasteiger partial charge in [-0.3, -0.25) is 4.79 Å². The topological polar surface area (TPSA) is 78.9 Å². The maximum Gasteiger partial charge on any atom is 0.222 e. The average Bonchev–Trinajstić information content (AvgIpc) is 2.38. The van der Waals surface area contributed by atoms with E-state index in [1.807, 2.05) is 13.8 Å². The lowest BCUT2D eigenvalue weighted by Gasteiger charge is -2.26. The zero-order valence-corrected chi connectivity index (χ0v) is 12.6. The van der Waals surface area contributed by atoms with Crippen LogP contribution in [0.4, 0.5) is 0 Å². The SMILES string of the molecule is CCCCCCCC(=O)N(CC/C(N)=N/O)C(C)C. The van der Waals surface area contributed by atoms with Crippen molar-refractivity contribution in [2.24, 2.45) is 10.9 Å². The molecule has 0 aliphatic heterocycles. The molecule has 0 rings (SSSR count). The minimum atomic E-state index is 0.148. The van der Waals surface area contributed by atoms with Gasteiger partial charge in [0.05, 0.1) is 0 Å². The Morgan fingerprint density at radius 3 is 2.37 bits per heavy atom. The normalized spacial score (nSPS) is 11.9. The molecule has 3 N–H and O–H groups in total. The Balaban J connectivity index is 4.05. The van der Waals surface area contributed by atoms with Crippen molar-refractivity contribution in [2.45, 2.75) is 71.8 Å². The molecule has 0 saturated carbocycles. The number of carbonyl (C=O) groups excluding carboxylic acids is 1. The number of hydrogen-bond donors (Lipinski definition) is 2. The molecule has 5 heteroatoms. The Labute approximate surface area is 116 Å². The zero-order valence-electron chi connectivity index (χ0n) is 12.6. The van der Waals surface area contributed by atoms with Crippen molar-refractivity contribution in [1.82, 2.24) is 4.90 Å². The van der Waals surface area contributed by atoms with Crippen LogP contribution in [-0.4, -0.2) is 34.4 Å². The van der Waals surface area contributed by atoms with Crippen LogP contribution in [0.1, 0.15) is 65.7 Å². The Morgan fingerprint density at radius 1 is 1.21 bits per heavy atom. The molecule has 0 aromatic heterocycles. The maximum atomic E-state index is 12.1. The lowest BCUT2D eigenvalue weighted by atomic mass is 10.1. The lowest BCUT2D eigenvalue weighted by molar-refractivity contribution is -0.132. The van der Waals surface area contributed by atoms with Gasteiger partial charge in [0.15, 0.2) is 0 Å². The minimum Gasteiger partial charge on any atom is -0.409 e. The third-order valence-corrected chi connectivity index (χ3v) is 3.18. The average molecular weight is 271 g/mol. The van der Waals surface area contributed by atoms with E-state index in [1.54, 1.807) is 4.90 Å².